The van der Waals surface area contributed by atoms with Crippen molar-refractivity contribution in [2.45, 2.75) is 45.3 Å². The first kappa shape index (κ1) is 29.7. The number of esters is 1. The van der Waals surface area contributed by atoms with Gasteiger partial charge in [-0.25, -0.2) is 9.78 Å². The maximum Gasteiger partial charge on any atom is 0.338 e. The Balaban J connectivity index is 1.14. The van der Waals surface area contributed by atoms with Gasteiger partial charge in [0.25, 0.3) is 11.8 Å². The van der Waals surface area contributed by atoms with E-state index in [-0.39, 0.29) is 24.1 Å². The molecule has 1 saturated heterocycles. The number of carbonyl (C=O) groups is 4. The van der Waals surface area contributed by atoms with Crippen molar-refractivity contribution in [1.82, 2.24) is 20.2 Å². The third-order valence-corrected chi connectivity index (χ3v) is 7.60. The average molecular weight is 605 g/mol. The number of ketones is 1. The van der Waals surface area contributed by atoms with E-state index < -0.39 is 23.5 Å². The van der Waals surface area contributed by atoms with Gasteiger partial charge in [0.2, 0.25) is 11.7 Å². The molecule has 228 valence electrons. The van der Waals surface area contributed by atoms with Crippen LogP contribution in [0.15, 0.2) is 83.4 Å². The highest BCUT2D eigenvalue weighted by molar-refractivity contribution is 6.08. The second-order valence-corrected chi connectivity index (χ2v) is 12.0. The minimum Gasteiger partial charge on any atom is -0.456 e. The van der Waals surface area contributed by atoms with Crippen molar-refractivity contribution < 1.29 is 28.3 Å². The smallest absolute Gasteiger partial charge is 0.338 e. The second kappa shape index (κ2) is 12.0. The second-order valence-electron chi connectivity index (χ2n) is 12.0. The summed E-state index contributed by atoms with van der Waals surface area (Å²) in [6, 6.07) is 20.6. The lowest BCUT2D eigenvalue weighted by Crippen LogP contribution is -2.45. The lowest BCUT2D eigenvalue weighted by atomic mass is 9.99. The van der Waals surface area contributed by atoms with E-state index in [2.05, 4.69) is 15.3 Å². The number of pyridine rings is 1. The van der Waals surface area contributed by atoms with Gasteiger partial charge in [0.15, 0.2) is 5.58 Å². The van der Waals surface area contributed by atoms with Crippen molar-refractivity contribution in [2.75, 3.05) is 13.1 Å². The summed E-state index contributed by atoms with van der Waals surface area (Å²) >= 11 is 0. The van der Waals surface area contributed by atoms with Crippen molar-refractivity contribution in [2.24, 2.45) is 0 Å². The van der Waals surface area contributed by atoms with Gasteiger partial charge in [-0.15, -0.1) is 0 Å². The van der Waals surface area contributed by atoms with Gasteiger partial charge in [-0.05, 0) is 81.1 Å². The Labute approximate surface area is 259 Å². The van der Waals surface area contributed by atoms with Gasteiger partial charge < -0.3 is 19.4 Å². The van der Waals surface area contributed by atoms with Crippen LogP contribution in [0.3, 0.4) is 0 Å². The highest BCUT2D eigenvalue weighted by Gasteiger charge is 2.36. The Morgan fingerprint density at radius 1 is 0.956 bits per heavy atom. The molecule has 2 amide bonds. The first-order chi connectivity index (χ1) is 21.6. The van der Waals surface area contributed by atoms with Crippen LogP contribution in [0.1, 0.15) is 65.0 Å². The summed E-state index contributed by atoms with van der Waals surface area (Å²) < 4.78 is 11.1. The average Bonchev–Trinajstić information content (AvgIpc) is 3.70. The highest BCUT2D eigenvalue weighted by atomic mass is 16.6. The summed E-state index contributed by atoms with van der Waals surface area (Å²) in [4.78, 5) is 62.5. The fourth-order valence-electron chi connectivity index (χ4n) is 5.50. The molecular weight excluding hydrogens is 572 g/mol. The molecule has 0 saturated carbocycles. The van der Waals surface area contributed by atoms with E-state index in [1.54, 1.807) is 48.5 Å². The van der Waals surface area contributed by atoms with E-state index in [9.17, 15) is 19.2 Å². The lowest BCUT2D eigenvalue weighted by molar-refractivity contribution is -0.130. The number of oxazole rings is 1. The van der Waals surface area contributed by atoms with Crippen molar-refractivity contribution in [3.05, 3.63) is 96.0 Å². The fraction of sp³-hybridized carbons (Fsp3) is 0.257. The Morgan fingerprint density at radius 2 is 1.76 bits per heavy atom. The van der Waals surface area contributed by atoms with E-state index in [0.717, 1.165) is 11.1 Å². The molecule has 1 aliphatic rings. The van der Waals surface area contributed by atoms with Gasteiger partial charge in [0, 0.05) is 18.1 Å². The zero-order valence-electron chi connectivity index (χ0n) is 25.2. The number of likely N-dealkylation sites (tertiary alicyclic amines) is 1. The number of hydrogen-bond acceptors (Lipinski definition) is 8. The van der Waals surface area contributed by atoms with Crippen LogP contribution in [0.25, 0.3) is 33.1 Å². The summed E-state index contributed by atoms with van der Waals surface area (Å²) in [5, 5.41) is 3.32. The molecule has 0 spiro atoms. The third kappa shape index (κ3) is 6.31. The molecule has 3 heterocycles. The first-order valence-corrected chi connectivity index (χ1v) is 14.8. The SMILES string of the molecule is CC(C)(C)OC(=O)c1cccc(-c2ccc3c(C(=O)NCC(=O)N4CCC[C@H]4C(=O)c4nc5ccccc5o4)ccnc3c2)c1. The number of ether oxygens (including phenoxy) is 1. The van der Waals surface area contributed by atoms with Crippen molar-refractivity contribution in [3.63, 3.8) is 0 Å². The predicted octanol–water partition coefficient (Wildman–Crippen LogP) is 5.60. The topological polar surface area (TPSA) is 132 Å². The Hall–Kier alpha value is -5.38. The molecule has 0 aliphatic carbocycles. The molecule has 45 heavy (non-hydrogen) atoms. The molecule has 2 aromatic heterocycles. The Kier molecular flexibility index (Phi) is 7.88. The lowest BCUT2D eigenvalue weighted by Gasteiger charge is -2.22. The van der Waals surface area contributed by atoms with Crippen molar-refractivity contribution in [3.8, 4) is 11.1 Å². The first-order valence-electron chi connectivity index (χ1n) is 14.8. The van der Waals surface area contributed by atoms with Gasteiger partial charge in [-0.2, -0.15) is 0 Å². The molecule has 1 atom stereocenters. The largest absolute Gasteiger partial charge is 0.456 e. The standard InChI is InChI=1S/C35H32N4O6/c1-35(2,3)45-34(43)23-9-6-8-21(18-23)22-13-14-24-25(15-16-36-27(24)19-22)32(42)37-20-30(40)39-17-7-11-28(39)31(41)33-38-26-10-4-5-12-29(26)44-33/h4-6,8-10,12-16,18-19,28H,7,11,17,20H2,1-3H3,(H,37,42)/t28-/m0/s1. The number of Topliss-reactive ketones (excluding diaryl/α,β-unsaturated/α-hetero) is 1. The number of para-hydroxylation sites is 2. The van der Waals surface area contributed by atoms with Gasteiger partial charge in [-0.1, -0.05) is 36.4 Å². The van der Waals surface area contributed by atoms with Crippen LogP contribution in [0.4, 0.5) is 0 Å². The van der Waals surface area contributed by atoms with Crippen LogP contribution < -0.4 is 5.32 Å². The van der Waals surface area contributed by atoms with Crippen LogP contribution in [-0.2, 0) is 9.53 Å². The van der Waals surface area contributed by atoms with E-state index in [0.29, 0.717) is 52.5 Å². The van der Waals surface area contributed by atoms with E-state index in [1.165, 1.54) is 11.1 Å². The van der Waals surface area contributed by atoms with Crippen LogP contribution in [-0.4, -0.2) is 63.2 Å². The number of nitrogens with zero attached hydrogens (tertiary/aromatic N) is 3. The Bertz CT molecular complexity index is 1920. The molecule has 10 heteroatoms. The fourth-order valence-corrected chi connectivity index (χ4v) is 5.50. The normalized spacial score (nSPS) is 14.9. The highest BCUT2D eigenvalue weighted by Crippen LogP contribution is 2.27. The number of nitrogens with one attached hydrogen (secondary N) is 1. The number of carbonyl (C=O) groups excluding carboxylic acids is 4. The number of fused-ring (bicyclic) bond motifs is 2. The number of benzene rings is 3. The van der Waals surface area contributed by atoms with Crippen LogP contribution >= 0.6 is 0 Å². The van der Waals surface area contributed by atoms with Crippen molar-refractivity contribution >= 4 is 45.6 Å². The molecular formula is C35H32N4O6. The van der Waals surface area contributed by atoms with E-state index in [4.69, 9.17) is 9.15 Å². The summed E-state index contributed by atoms with van der Waals surface area (Å²) in [6.45, 7) is 5.59. The zero-order chi connectivity index (χ0) is 31.7. The summed E-state index contributed by atoms with van der Waals surface area (Å²) in [5.41, 5.74) is 3.48. The monoisotopic (exact) mass is 604 g/mol. The molecule has 1 aliphatic heterocycles. The maximum absolute atomic E-state index is 13.2. The zero-order valence-corrected chi connectivity index (χ0v) is 25.2. The Morgan fingerprint density at radius 3 is 2.56 bits per heavy atom. The molecule has 1 fully saturated rings. The van der Waals surface area contributed by atoms with Crippen LogP contribution in [0.5, 0.6) is 0 Å². The van der Waals surface area contributed by atoms with Crippen LogP contribution in [0.2, 0.25) is 0 Å². The van der Waals surface area contributed by atoms with Crippen LogP contribution in [0, 0.1) is 0 Å². The number of amides is 2. The maximum atomic E-state index is 13.2. The van der Waals surface area contributed by atoms with Gasteiger partial charge >= 0.3 is 5.97 Å². The third-order valence-electron chi connectivity index (χ3n) is 7.60. The molecule has 6 rings (SSSR count). The molecule has 1 N–H and O–H groups in total. The summed E-state index contributed by atoms with van der Waals surface area (Å²) in [7, 11) is 0. The predicted molar refractivity (Wildman–Crippen MR) is 168 cm³/mol. The molecule has 5 aromatic rings. The van der Waals surface area contributed by atoms with Crippen molar-refractivity contribution in [1.29, 1.82) is 0 Å². The minimum absolute atomic E-state index is 0.0240. The quantitative estimate of drug-likeness (QED) is 0.188. The number of hydrogen-bond donors (Lipinski definition) is 1. The minimum atomic E-state index is -0.698. The van der Waals surface area contributed by atoms with Gasteiger partial charge in [0.1, 0.15) is 17.2 Å². The summed E-state index contributed by atoms with van der Waals surface area (Å²) in [6.07, 6.45) is 2.69. The van der Waals surface area contributed by atoms with Gasteiger partial charge in [0.05, 0.1) is 23.2 Å². The van der Waals surface area contributed by atoms with E-state index in [1.807, 2.05) is 45.0 Å². The molecule has 0 radical (unpaired) electrons. The molecule has 10 nitrogen and oxygen atoms in total. The summed E-state index contributed by atoms with van der Waals surface area (Å²) in [5.74, 6) is -1.58. The number of rotatable bonds is 7. The van der Waals surface area contributed by atoms with E-state index >= 15 is 0 Å². The molecule has 0 unspecified atom stereocenters. The van der Waals surface area contributed by atoms with Gasteiger partial charge in [-0.3, -0.25) is 19.4 Å². The molecule has 0 bridgehead atoms. The molecule has 3 aromatic carbocycles. The number of aromatic nitrogens is 2.